The zero-order chi connectivity index (χ0) is 12.1. The molecule has 1 aliphatic rings. The number of nitrogens with two attached hydrogens (primary N) is 1. The van der Waals surface area contributed by atoms with Crippen LogP contribution < -0.4 is 5.73 Å². The van der Waals surface area contributed by atoms with E-state index in [1.54, 1.807) is 6.33 Å². The lowest BCUT2D eigenvalue weighted by Gasteiger charge is -2.23. The van der Waals surface area contributed by atoms with Gasteiger partial charge in [-0.15, -0.1) is 0 Å². The van der Waals surface area contributed by atoms with Gasteiger partial charge in [0.2, 0.25) is 0 Å². The van der Waals surface area contributed by atoms with Crippen LogP contribution in [-0.2, 0) is 11.3 Å². The largest absolute Gasteiger partial charge is 0.378 e. The van der Waals surface area contributed by atoms with Crippen LogP contribution in [0.3, 0.4) is 0 Å². The van der Waals surface area contributed by atoms with Crippen LogP contribution in [0.4, 0.5) is 0 Å². The molecule has 0 aromatic carbocycles. The summed E-state index contributed by atoms with van der Waals surface area (Å²) in [5.41, 5.74) is 6.15. The highest BCUT2D eigenvalue weighted by molar-refractivity contribution is 4.92. The summed E-state index contributed by atoms with van der Waals surface area (Å²) in [7, 11) is 0. The fourth-order valence-electron chi connectivity index (χ4n) is 2.33. The predicted octanol–water partition coefficient (Wildman–Crippen LogP) is 1.65. The van der Waals surface area contributed by atoms with Gasteiger partial charge >= 0.3 is 0 Å². The quantitative estimate of drug-likeness (QED) is 0.847. The Morgan fingerprint density at radius 1 is 1.59 bits per heavy atom. The number of hydrogen-bond donors (Lipinski definition) is 1. The van der Waals surface area contributed by atoms with Gasteiger partial charge in [-0.3, -0.25) is 0 Å². The first-order valence-electron chi connectivity index (χ1n) is 6.56. The van der Waals surface area contributed by atoms with Gasteiger partial charge in [-0.05, 0) is 39.0 Å². The molecule has 2 heterocycles. The third-order valence-corrected chi connectivity index (χ3v) is 3.35. The predicted molar refractivity (Wildman–Crippen MR) is 65.4 cm³/mol. The van der Waals surface area contributed by atoms with E-state index in [-0.39, 0.29) is 6.04 Å². The van der Waals surface area contributed by atoms with Crippen molar-refractivity contribution in [1.82, 2.24) is 14.8 Å². The second-order valence-corrected chi connectivity index (χ2v) is 4.61. The van der Waals surface area contributed by atoms with Gasteiger partial charge in [0, 0.05) is 13.2 Å². The van der Waals surface area contributed by atoms with Crippen LogP contribution in [0.25, 0.3) is 0 Å². The average molecular weight is 238 g/mol. The van der Waals surface area contributed by atoms with Crippen LogP contribution in [0, 0.1) is 0 Å². The lowest BCUT2D eigenvalue weighted by atomic mass is 10.0. The van der Waals surface area contributed by atoms with Gasteiger partial charge < -0.3 is 10.5 Å². The van der Waals surface area contributed by atoms with E-state index in [9.17, 15) is 0 Å². The minimum atomic E-state index is -0.0250. The van der Waals surface area contributed by atoms with Gasteiger partial charge in [0.25, 0.3) is 0 Å². The Morgan fingerprint density at radius 3 is 3.18 bits per heavy atom. The first-order chi connectivity index (χ1) is 8.31. The Labute approximate surface area is 102 Å². The molecule has 0 spiro atoms. The van der Waals surface area contributed by atoms with Crippen molar-refractivity contribution < 1.29 is 4.74 Å². The first-order valence-corrected chi connectivity index (χ1v) is 6.56. The van der Waals surface area contributed by atoms with E-state index in [0.717, 1.165) is 31.8 Å². The summed E-state index contributed by atoms with van der Waals surface area (Å²) in [6, 6.07) is -0.0250. The van der Waals surface area contributed by atoms with Crippen LogP contribution in [-0.4, -0.2) is 27.5 Å². The minimum absolute atomic E-state index is 0.0250. The molecule has 1 aliphatic heterocycles. The molecule has 17 heavy (non-hydrogen) atoms. The summed E-state index contributed by atoms with van der Waals surface area (Å²) in [5.74, 6) is 0.892. The molecule has 0 amide bonds. The van der Waals surface area contributed by atoms with Crippen molar-refractivity contribution in [3.63, 3.8) is 0 Å². The second-order valence-electron chi connectivity index (χ2n) is 4.61. The summed E-state index contributed by atoms with van der Waals surface area (Å²) in [4.78, 5) is 4.24. The molecule has 2 N–H and O–H groups in total. The fraction of sp³-hybridized carbons (Fsp3) is 0.833. The van der Waals surface area contributed by atoms with Crippen LogP contribution >= 0.6 is 0 Å². The van der Waals surface area contributed by atoms with Gasteiger partial charge in [0.15, 0.2) is 0 Å². The van der Waals surface area contributed by atoms with E-state index in [0.29, 0.717) is 6.10 Å². The van der Waals surface area contributed by atoms with Gasteiger partial charge in [0.1, 0.15) is 12.2 Å². The smallest absolute Gasteiger partial charge is 0.143 e. The van der Waals surface area contributed by atoms with E-state index in [1.165, 1.54) is 19.3 Å². The maximum atomic E-state index is 6.15. The lowest BCUT2D eigenvalue weighted by Crippen LogP contribution is -2.23. The molecule has 0 bridgehead atoms. The molecule has 5 heteroatoms. The van der Waals surface area contributed by atoms with Gasteiger partial charge in [-0.2, -0.15) is 5.10 Å². The molecule has 2 rings (SSSR count). The van der Waals surface area contributed by atoms with Crippen LogP contribution in [0.1, 0.15) is 50.9 Å². The molecular weight excluding hydrogens is 216 g/mol. The Bertz CT molecular complexity index is 333. The van der Waals surface area contributed by atoms with Crippen LogP contribution in [0.5, 0.6) is 0 Å². The highest BCUT2D eigenvalue weighted by atomic mass is 16.5. The van der Waals surface area contributed by atoms with Gasteiger partial charge in [-0.25, -0.2) is 9.67 Å². The van der Waals surface area contributed by atoms with Crippen molar-refractivity contribution in [1.29, 1.82) is 0 Å². The summed E-state index contributed by atoms with van der Waals surface area (Å²) in [6.45, 7) is 3.78. The van der Waals surface area contributed by atoms with Crippen molar-refractivity contribution in [3.8, 4) is 0 Å². The summed E-state index contributed by atoms with van der Waals surface area (Å²) < 4.78 is 7.57. The van der Waals surface area contributed by atoms with Crippen molar-refractivity contribution in [2.24, 2.45) is 5.73 Å². The average Bonchev–Trinajstić information content (AvgIpc) is 2.85. The maximum Gasteiger partial charge on any atom is 0.143 e. The van der Waals surface area contributed by atoms with Gasteiger partial charge in [0.05, 0.1) is 12.1 Å². The molecule has 2 unspecified atom stereocenters. The molecule has 0 saturated carbocycles. The zero-order valence-corrected chi connectivity index (χ0v) is 10.5. The highest BCUT2D eigenvalue weighted by Gasteiger charge is 2.18. The van der Waals surface area contributed by atoms with E-state index in [2.05, 4.69) is 17.0 Å². The third kappa shape index (κ3) is 3.26. The molecule has 1 fully saturated rings. The monoisotopic (exact) mass is 238 g/mol. The molecule has 0 radical (unpaired) electrons. The first kappa shape index (κ1) is 12.5. The molecule has 96 valence electrons. The van der Waals surface area contributed by atoms with E-state index in [4.69, 9.17) is 10.5 Å². The van der Waals surface area contributed by atoms with Crippen molar-refractivity contribution in [2.45, 2.75) is 57.7 Å². The highest BCUT2D eigenvalue weighted by Crippen LogP contribution is 2.21. The van der Waals surface area contributed by atoms with Crippen LogP contribution in [0.15, 0.2) is 6.33 Å². The number of nitrogens with zero attached hydrogens (tertiary/aromatic N) is 3. The maximum absolute atomic E-state index is 6.15. The topological polar surface area (TPSA) is 66.0 Å². The number of aryl methyl sites for hydroxylation is 1. The Morgan fingerprint density at radius 2 is 2.47 bits per heavy atom. The fourth-order valence-corrected chi connectivity index (χ4v) is 2.33. The second kappa shape index (κ2) is 6.12. The van der Waals surface area contributed by atoms with E-state index in [1.807, 2.05) is 4.68 Å². The summed E-state index contributed by atoms with van der Waals surface area (Å²) >= 11 is 0. The Hall–Kier alpha value is -0.940. The standard InChI is InChI=1S/C12H22N4O/c1-2-16-12(14-9-15-16)11(13)7-6-10-5-3-4-8-17-10/h9-11H,2-8,13H2,1H3. The number of ether oxygens (including phenoxy) is 1. The molecule has 2 atom stereocenters. The molecule has 1 aromatic rings. The Kier molecular flexibility index (Phi) is 4.50. The van der Waals surface area contributed by atoms with E-state index >= 15 is 0 Å². The SMILES string of the molecule is CCn1ncnc1C(N)CCC1CCCCO1. The zero-order valence-electron chi connectivity index (χ0n) is 10.5. The van der Waals surface area contributed by atoms with Crippen molar-refractivity contribution in [2.75, 3.05) is 6.61 Å². The number of rotatable bonds is 5. The summed E-state index contributed by atoms with van der Waals surface area (Å²) in [6.07, 6.45) is 7.58. The summed E-state index contributed by atoms with van der Waals surface area (Å²) in [5, 5.41) is 4.14. The number of aromatic nitrogens is 3. The molecule has 1 aromatic heterocycles. The molecule has 5 nitrogen and oxygen atoms in total. The third-order valence-electron chi connectivity index (χ3n) is 3.35. The van der Waals surface area contributed by atoms with E-state index < -0.39 is 0 Å². The van der Waals surface area contributed by atoms with Gasteiger partial charge in [-0.1, -0.05) is 0 Å². The normalized spacial score (nSPS) is 22.6. The van der Waals surface area contributed by atoms with Crippen LogP contribution in [0.2, 0.25) is 0 Å². The minimum Gasteiger partial charge on any atom is -0.378 e. The molecular formula is C12H22N4O. The molecule has 0 aliphatic carbocycles. The number of hydrogen-bond acceptors (Lipinski definition) is 4. The molecule has 1 saturated heterocycles. The lowest BCUT2D eigenvalue weighted by molar-refractivity contribution is 0.00896. The Balaban J connectivity index is 1.82. The van der Waals surface area contributed by atoms with Crippen molar-refractivity contribution >= 4 is 0 Å². The van der Waals surface area contributed by atoms with Crippen molar-refractivity contribution in [3.05, 3.63) is 12.2 Å².